The molecular weight excluding hydrogens is 380 g/mol. The molecule has 29 heavy (non-hydrogen) atoms. The van der Waals surface area contributed by atoms with Crippen LogP contribution in [-0.2, 0) is 4.79 Å². The van der Waals surface area contributed by atoms with E-state index in [2.05, 4.69) is 26.6 Å². The molecule has 6 fully saturated rings. The van der Waals surface area contributed by atoms with E-state index in [-0.39, 0.29) is 10.7 Å². The average Bonchev–Trinajstić information content (AvgIpc) is 3.47. The Morgan fingerprint density at radius 2 is 1.62 bits per heavy atom. The Morgan fingerprint density at radius 3 is 2.21 bits per heavy atom. The minimum absolute atomic E-state index is 0.0119. The molecule has 0 aromatic carbocycles. The van der Waals surface area contributed by atoms with Crippen molar-refractivity contribution in [1.29, 1.82) is 0 Å². The molecule has 1 aromatic rings. The lowest BCUT2D eigenvalue weighted by molar-refractivity contribution is -0.143. The van der Waals surface area contributed by atoms with Gasteiger partial charge in [0, 0.05) is 24.5 Å². The molecule has 6 aliphatic rings. The third kappa shape index (κ3) is 3.24. The van der Waals surface area contributed by atoms with Gasteiger partial charge in [-0.3, -0.25) is 9.36 Å². The van der Waals surface area contributed by atoms with Crippen molar-refractivity contribution in [2.45, 2.75) is 94.0 Å². The largest absolute Gasteiger partial charge is 0.341 e. The first-order chi connectivity index (χ1) is 14.1. The molecule has 1 unspecified atom stereocenters. The maximum Gasteiger partial charge on any atom is 0.228 e. The van der Waals surface area contributed by atoms with E-state index >= 15 is 0 Å². The maximum absolute atomic E-state index is 13.7. The van der Waals surface area contributed by atoms with Crippen molar-refractivity contribution in [1.82, 2.24) is 14.8 Å². The Balaban J connectivity index is 1.22. The van der Waals surface area contributed by atoms with Crippen LogP contribution in [0.15, 0.2) is 5.16 Å². The fourth-order valence-corrected chi connectivity index (χ4v) is 8.47. The summed E-state index contributed by atoms with van der Waals surface area (Å²) in [6.45, 7) is 4.33. The number of rotatable bonds is 6. The summed E-state index contributed by atoms with van der Waals surface area (Å²) in [5.41, 5.74) is -0.0126. The third-order valence-corrected chi connectivity index (χ3v) is 9.47. The standard InChI is InChI=1S/C23H34N4OS/c1-15(20(28)23-12-16-9-17(13-23)11-18(10-16)14-23)29-22-25-24-21(27(22)19-5-6-19)26-7-3-2-4-8-26/h15-19H,2-14H2,1H3. The van der Waals surface area contributed by atoms with Crippen molar-refractivity contribution in [2.75, 3.05) is 18.0 Å². The third-order valence-electron chi connectivity index (χ3n) is 8.41. The SMILES string of the molecule is CC(Sc1nnc(N2CCCCC2)n1C1CC1)C(=O)C12CC3CC(CC(C3)C1)C2. The zero-order chi connectivity index (χ0) is 19.6. The number of piperidine rings is 1. The predicted molar refractivity (Wildman–Crippen MR) is 115 cm³/mol. The Hall–Kier alpha value is -1.04. The number of carbonyl (C=O) groups is 1. The van der Waals surface area contributed by atoms with Crippen LogP contribution < -0.4 is 4.90 Å². The molecule has 1 atom stereocenters. The van der Waals surface area contributed by atoms with E-state index in [0.717, 1.165) is 61.2 Å². The van der Waals surface area contributed by atoms with Gasteiger partial charge in [-0.05, 0) is 95.3 Å². The number of nitrogens with zero attached hydrogens (tertiary/aromatic N) is 4. The van der Waals surface area contributed by atoms with Crippen LogP contribution in [0.2, 0.25) is 0 Å². The number of hydrogen-bond acceptors (Lipinski definition) is 5. The van der Waals surface area contributed by atoms with Gasteiger partial charge in [-0.2, -0.15) is 0 Å². The lowest BCUT2D eigenvalue weighted by Gasteiger charge is -2.56. The molecule has 158 valence electrons. The van der Waals surface area contributed by atoms with Crippen LogP contribution in [0.1, 0.15) is 83.6 Å². The molecule has 5 nitrogen and oxygen atoms in total. The molecule has 7 rings (SSSR count). The normalized spacial score (nSPS) is 37.1. The first kappa shape index (κ1) is 18.7. The number of Topliss-reactive ketones (excluding diaryl/α,β-unsaturated/α-hetero) is 1. The Labute approximate surface area is 178 Å². The molecule has 0 amide bonds. The van der Waals surface area contributed by atoms with Gasteiger partial charge in [-0.25, -0.2) is 0 Å². The van der Waals surface area contributed by atoms with Gasteiger partial charge in [0.05, 0.1) is 5.25 Å². The summed E-state index contributed by atoms with van der Waals surface area (Å²) < 4.78 is 2.37. The van der Waals surface area contributed by atoms with Gasteiger partial charge >= 0.3 is 0 Å². The fraction of sp³-hybridized carbons (Fsp3) is 0.870. The fourth-order valence-electron chi connectivity index (χ4n) is 7.37. The molecule has 0 N–H and O–H groups in total. The minimum atomic E-state index is -0.0126. The second-order valence-electron chi connectivity index (χ2n) is 10.8. The van der Waals surface area contributed by atoms with E-state index in [9.17, 15) is 4.79 Å². The smallest absolute Gasteiger partial charge is 0.228 e. The Morgan fingerprint density at radius 1 is 1.00 bits per heavy atom. The number of aromatic nitrogens is 3. The van der Waals surface area contributed by atoms with Gasteiger partial charge in [0.15, 0.2) is 10.9 Å². The molecule has 6 heteroatoms. The molecule has 5 aliphatic carbocycles. The Kier molecular flexibility index (Phi) is 4.51. The second kappa shape index (κ2) is 7.00. The monoisotopic (exact) mass is 414 g/mol. The van der Waals surface area contributed by atoms with Crippen LogP contribution >= 0.6 is 11.8 Å². The van der Waals surface area contributed by atoms with Crippen LogP contribution in [0.4, 0.5) is 5.95 Å². The van der Waals surface area contributed by atoms with Crippen LogP contribution in [0.5, 0.6) is 0 Å². The zero-order valence-corrected chi connectivity index (χ0v) is 18.5. The minimum Gasteiger partial charge on any atom is -0.341 e. The highest BCUT2D eigenvalue weighted by atomic mass is 32.2. The number of anilines is 1. The van der Waals surface area contributed by atoms with Crippen LogP contribution in [0, 0.1) is 23.2 Å². The topological polar surface area (TPSA) is 51.0 Å². The summed E-state index contributed by atoms with van der Waals surface area (Å²) >= 11 is 1.69. The van der Waals surface area contributed by atoms with E-state index in [4.69, 9.17) is 0 Å². The van der Waals surface area contributed by atoms with E-state index in [1.165, 1.54) is 51.4 Å². The summed E-state index contributed by atoms with van der Waals surface area (Å²) in [7, 11) is 0. The van der Waals surface area contributed by atoms with Crippen LogP contribution in [0.25, 0.3) is 0 Å². The maximum atomic E-state index is 13.7. The lowest BCUT2D eigenvalue weighted by atomic mass is 9.48. The van der Waals surface area contributed by atoms with E-state index < -0.39 is 0 Å². The highest BCUT2D eigenvalue weighted by Crippen LogP contribution is 2.61. The first-order valence-electron chi connectivity index (χ1n) is 12.0. The summed E-state index contributed by atoms with van der Waals surface area (Å²) in [6.07, 6.45) is 13.9. The average molecular weight is 415 g/mol. The van der Waals surface area contributed by atoms with Crippen LogP contribution in [-0.4, -0.2) is 38.9 Å². The Bertz CT molecular complexity index is 760. The van der Waals surface area contributed by atoms with Crippen molar-refractivity contribution in [2.24, 2.45) is 23.2 Å². The van der Waals surface area contributed by atoms with Gasteiger partial charge in [0.1, 0.15) is 0 Å². The molecule has 0 spiro atoms. The highest BCUT2D eigenvalue weighted by Gasteiger charge is 2.55. The first-order valence-corrected chi connectivity index (χ1v) is 12.9. The van der Waals surface area contributed by atoms with Crippen molar-refractivity contribution in [3.8, 4) is 0 Å². The number of thioether (sulfide) groups is 1. The van der Waals surface area contributed by atoms with E-state index in [1.807, 2.05) is 0 Å². The molecule has 1 saturated heterocycles. The molecule has 0 radical (unpaired) electrons. The number of carbonyl (C=O) groups excluding carboxylic acids is 1. The molecule has 1 aromatic heterocycles. The van der Waals surface area contributed by atoms with Gasteiger partial charge in [0.25, 0.3) is 0 Å². The summed E-state index contributed by atoms with van der Waals surface area (Å²) in [5.74, 6) is 4.05. The number of ketones is 1. The van der Waals surface area contributed by atoms with Gasteiger partial charge < -0.3 is 4.90 Å². The molecule has 4 bridgehead atoms. The van der Waals surface area contributed by atoms with Gasteiger partial charge in [-0.15, -0.1) is 10.2 Å². The molecular formula is C23H34N4OS. The molecule has 1 aliphatic heterocycles. The van der Waals surface area contributed by atoms with Crippen molar-refractivity contribution in [3.63, 3.8) is 0 Å². The lowest BCUT2D eigenvalue weighted by Crippen LogP contribution is -2.51. The van der Waals surface area contributed by atoms with E-state index in [1.54, 1.807) is 11.8 Å². The quantitative estimate of drug-likeness (QED) is 0.622. The van der Waals surface area contributed by atoms with Crippen LogP contribution in [0.3, 0.4) is 0 Å². The molecule has 2 heterocycles. The van der Waals surface area contributed by atoms with Gasteiger partial charge in [0.2, 0.25) is 5.95 Å². The molecule has 5 saturated carbocycles. The summed E-state index contributed by atoms with van der Waals surface area (Å²) in [4.78, 5) is 16.1. The second-order valence-corrected chi connectivity index (χ2v) is 12.1. The predicted octanol–water partition coefficient (Wildman–Crippen LogP) is 4.87. The van der Waals surface area contributed by atoms with Crippen molar-refractivity contribution in [3.05, 3.63) is 0 Å². The summed E-state index contributed by atoms with van der Waals surface area (Å²) in [6, 6.07) is 0.547. The highest BCUT2D eigenvalue weighted by molar-refractivity contribution is 8.00. The zero-order valence-electron chi connectivity index (χ0n) is 17.7. The number of hydrogen-bond donors (Lipinski definition) is 0. The summed E-state index contributed by atoms with van der Waals surface area (Å²) in [5, 5.41) is 10.2. The van der Waals surface area contributed by atoms with Gasteiger partial charge in [-0.1, -0.05) is 11.8 Å². The van der Waals surface area contributed by atoms with E-state index in [0.29, 0.717) is 11.8 Å². The van der Waals surface area contributed by atoms with Crippen molar-refractivity contribution < 1.29 is 4.79 Å². The van der Waals surface area contributed by atoms with Crippen molar-refractivity contribution >= 4 is 23.5 Å².